The van der Waals surface area contributed by atoms with Crippen molar-refractivity contribution < 1.29 is 4.74 Å². The van der Waals surface area contributed by atoms with Crippen LogP contribution in [0.15, 0.2) is 18.2 Å². The summed E-state index contributed by atoms with van der Waals surface area (Å²) in [6, 6.07) is 5.71. The fourth-order valence-corrected chi connectivity index (χ4v) is 2.45. The van der Waals surface area contributed by atoms with Crippen LogP contribution in [0, 0.1) is 5.92 Å². The summed E-state index contributed by atoms with van der Waals surface area (Å²) in [5, 5.41) is 3.40. The van der Waals surface area contributed by atoms with Gasteiger partial charge >= 0.3 is 0 Å². The van der Waals surface area contributed by atoms with E-state index in [0.717, 1.165) is 36.1 Å². The van der Waals surface area contributed by atoms with Crippen LogP contribution in [-0.4, -0.2) is 38.2 Å². The van der Waals surface area contributed by atoms with Gasteiger partial charge in [0, 0.05) is 19.2 Å². The smallest absolute Gasteiger partial charge is 0.121 e. The van der Waals surface area contributed by atoms with E-state index in [0.29, 0.717) is 0 Å². The van der Waals surface area contributed by atoms with Crippen molar-refractivity contribution in [2.45, 2.75) is 19.8 Å². The second-order valence-corrected chi connectivity index (χ2v) is 5.40. The van der Waals surface area contributed by atoms with Crippen LogP contribution in [-0.2, 0) is 0 Å². The molecule has 0 saturated carbocycles. The van der Waals surface area contributed by atoms with Gasteiger partial charge in [0.2, 0.25) is 0 Å². The maximum atomic E-state index is 5.95. The number of likely N-dealkylation sites (tertiary alicyclic amines) is 1. The Kier molecular flexibility index (Phi) is 4.91. The summed E-state index contributed by atoms with van der Waals surface area (Å²) < 4.78 is 5.21. The van der Waals surface area contributed by atoms with Crippen LogP contribution in [0.25, 0.3) is 0 Å². The lowest BCUT2D eigenvalue weighted by Crippen LogP contribution is -2.36. The first-order chi connectivity index (χ1) is 9.19. The zero-order valence-electron chi connectivity index (χ0n) is 12.0. The SMILES string of the molecule is COc1ccc(N)c(NCCN2CCC(C)CC2)c1. The van der Waals surface area contributed by atoms with E-state index in [1.165, 1.54) is 25.9 Å². The summed E-state index contributed by atoms with van der Waals surface area (Å²) in [4.78, 5) is 2.52. The molecule has 1 heterocycles. The molecule has 1 aromatic carbocycles. The molecule has 106 valence electrons. The molecule has 0 atom stereocenters. The highest BCUT2D eigenvalue weighted by atomic mass is 16.5. The van der Waals surface area contributed by atoms with E-state index in [1.54, 1.807) is 7.11 Å². The molecular formula is C15H25N3O. The molecule has 0 aromatic heterocycles. The Morgan fingerprint density at radius 3 is 2.79 bits per heavy atom. The van der Waals surface area contributed by atoms with Gasteiger partial charge in [-0.2, -0.15) is 0 Å². The van der Waals surface area contributed by atoms with Crippen LogP contribution in [0.1, 0.15) is 19.8 Å². The Hall–Kier alpha value is -1.42. The number of nitrogens with one attached hydrogen (secondary N) is 1. The lowest BCUT2D eigenvalue weighted by Gasteiger charge is -2.30. The molecule has 0 spiro atoms. The fraction of sp³-hybridized carbons (Fsp3) is 0.600. The van der Waals surface area contributed by atoms with Crippen LogP contribution in [0.4, 0.5) is 11.4 Å². The third kappa shape index (κ3) is 4.03. The highest BCUT2D eigenvalue weighted by Gasteiger charge is 2.14. The summed E-state index contributed by atoms with van der Waals surface area (Å²) in [7, 11) is 1.67. The minimum absolute atomic E-state index is 0.771. The van der Waals surface area contributed by atoms with E-state index in [-0.39, 0.29) is 0 Å². The number of nitrogen functional groups attached to an aromatic ring is 1. The number of piperidine rings is 1. The zero-order chi connectivity index (χ0) is 13.7. The van der Waals surface area contributed by atoms with Gasteiger partial charge in [-0.05, 0) is 44.0 Å². The van der Waals surface area contributed by atoms with Crippen molar-refractivity contribution in [1.29, 1.82) is 0 Å². The van der Waals surface area contributed by atoms with Gasteiger partial charge in [0.15, 0.2) is 0 Å². The normalized spacial score (nSPS) is 17.4. The fourth-order valence-electron chi connectivity index (χ4n) is 2.45. The predicted octanol–water partition coefficient (Wildman–Crippen LogP) is 2.42. The van der Waals surface area contributed by atoms with Crippen LogP contribution in [0.3, 0.4) is 0 Å². The third-order valence-corrected chi connectivity index (χ3v) is 3.88. The molecule has 1 saturated heterocycles. The molecule has 0 amide bonds. The first-order valence-corrected chi connectivity index (χ1v) is 7.09. The van der Waals surface area contributed by atoms with Gasteiger partial charge in [-0.25, -0.2) is 0 Å². The molecule has 0 bridgehead atoms. The number of benzene rings is 1. The molecular weight excluding hydrogens is 238 g/mol. The Labute approximate surface area is 115 Å². The number of hydrogen-bond donors (Lipinski definition) is 2. The molecule has 2 rings (SSSR count). The average Bonchev–Trinajstić information content (AvgIpc) is 2.43. The molecule has 0 radical (unpaired) electrons. The minimum atomic E-state index is 0.771. The second-order valence-electron chi connectivity index (χ2n) is 5.40. The first kappa shape index (κ1) is 14.0. The summed E-state index contributed by atoms with van der Waals surface area (Å²) in [5.41, 5.74) is 7.68. The van der Waals surface area contributed by atoms with E-state index in [2.05, 4.69) is 17.1 Å². The lowest BCUT2D eigenvalue weighted by molar-refractivity contribution is 0.199. The summed E-state index contributed by atoms with van der Waals surface area (Å²) in [6.45, 7) is 6.77. The lowest BCUT2D eigenvalue weighted by atomic mass is 9.99. The number of ether oxygens (including phenoxy) is 1. The van der Waals surface area contributed by atoms with Crippen LogP contribution >= 0.6 is 0 Å². The zero-order valence-corrected chi connectivity index (χ0v) is 12.0. The Morgan fingerprint density at radius 1 is 1.37 bits per heavy atom. The number of rotatable bonds is 5. The van der Waals surface area contributed by atoms with Gasteiger partial charge in [0.05, 0.1) is 18.5 Å². The number of methoxy groups -OCH3 is 1. The van der Waals surface area contributed by atoms with Gasteiger partial charge in [0.25, 0.3) is 0 Å². The first-order valence-electron chi connectivity index (χ1n) is 7.09. The van der Waals surface area contributed by atoms with Crippen LogP contribution in [0.5, 0.6) is 5.75 Å². The molecule has 19 heavy (non-hydrogen) atoms. The van der Waals surface area contributed by atoms with Gasteiger partial charge in [-0.15, -0.1) is 0 Å². The van der Waals surface area contributed by atoms with E-state index in [1.807, 2.05) is 18.2 Å². The van der Waals surface area contributed by atoms with E-state index in [4.69, 9.17) is 10.5 Å². The minimum Gasteiger partial charge on any atom is -0.497 e. The van der Waals surface area contributed by atoms with E-state index >= 15 is 0 Å². The quantitative estimate of drug-likeness (QED) is 0.801. The Morgan fingerprint density at radius 2 is 2.11 bits per heavy atom. The van der Waals surface area contributed by atoms with Crippen molar-refractivity contribution in [3.8, 4) is 5.75 Å². The van der Waals surface area contributed by atoms with Gasteiger partial charge < -0.3 is 20.7 Å². The third-order valence-electron chi connectivity index (χ3n) is 3.88. The molecule has 1 aliphatic heterocycles. The van der Waals surface area contributed by atoms with Crippen molar-refractivity contribution in [3.05, 3.63) is 18.2 Å². The summed E-state index contributed by atoms with van der Waals surface area (Å²) in [5.74, 6) is 1.72. The number of nitrogens with zero attached hydrogens (tertiary/aromatic N) is 1. The van der Waals surface area contributed by atoms with Gasteiger partial charge in [-0.1, -0.05) is 6.92 Å². The van der Waals surface area contributed by atoms with E-state index < -0.39 is 0 Å². The maximum absolute atomic E-state index is 5.95. The Balaban J connectivity index is 1.79. The molecule has 0 unspecified atom stereocenters. The van der Waals surface area contributed by atoms with E-state index in [9.17, 15) is 0 Å². The van der Waals surface area contributed by atoms with Gasteiger partial charge in [0.1, 0.15) is 5.75 Å². The van der Waals surface area contributed by atoms with Crippen molar-refractivity contribution in [3.63, 3.8) is 0 Å². The van der Waals surface area contributed by atoms with Gasteiger partial charge in [-0.3, -0.25) is 0 Å². The van der Waals surface area contributed by atoms with Crippen molar-refractivity contribution in [2.24, 2.45) is 5.92 Å². The molecule has 1 fully saturated rings. The number of hydrogen-bond acceptors (Lipinski definition) is 4. The molecule has 1 aromatic rings. The maximum Gasteiger partial charge on any atom is 0.121 e. The summed E-state index contributed by atoms with van der Waals surface area (Å²) in [6.07, 6.45) is 2.64. The summed E-state index contributed by atoms with van der Waals surface area (Å²) >= 11 is 0. The largest absolute Gasteiger partial charge is 0.497 e. The highest BCUT2D eigenvalue weighted by molar-refractivity contribution is 5.68. The topological polar surface area (TPSA) is 50.5 Å². The molecule has 4 nitrogen and oxygen atoms in total. The highest BCUT2D eigenvalue weighted by Crippen LogP contribution is 2.24. The molecule has 0 aliphatic carbocycles. The molecule has 4 heteroatoms. The number of nitrogens with two attached hydrogens (primary N) is 1. The van der Waals surface area contributed by atoms with Crippen molar-refractivity contribution >= 4 is 11.4 Å². The van der Waals surface area contributed by atoms with Crippen LogP contribution in [0.2, 0.25) is 0 Å². The molecule has 1 aliphatic rings. The van der Waals surface area contributed by atoms with Crippen molar-refractivity contribution in [2.75, 3.05) is 44.3 Å². The number of anilines is 2. The van der Waals surface area contributed by atoms with Crippen LogP contribution < -0.4 is 15.8 Å². The molecule has 3 N–H and O–H groups in total. The standard InChI is InChI=1S/C15H25N3O/c1-12-5-8-18(9-6-12)10-7-17-15-11-13(19-2)3-4-14(15)16/h3-4,11-12,17H,5-10,16H2,1-2H3. The van der Waals surface area contributed by atoms with Crippen molar-refractivity contribution in [1.82, 2.24) is 4.90 Å². The monoisotopic (exact) mass is 263 g/mol. The predicted molar refractivity (Wildman–Crippen MR) is 80.7 cm³/mol. The second kappa shape index (κ2) is 6.66. The average molecular weight is 263 g/mol. The Bertz CT molecular complexity index is 400.